The zero-order chi connectivity index (χ0) is 10.7. The number of likely N-dealkylation sites (tertiary alicyclic amines) is 1. The van der Waals surface area contributed by atoms with Crippen molar-refractivity contribution in [3.8, 4) is 0 Å². The van der Waals surface area contributed by atoms with Crippen LogP contribution in [0.2, 0.25) is 0 Å². The highest BCUT2D eigenvalue weighted by Gasteiger charge is 2.30. The first-order chi connectivity index (χ1) is 7.27. The largest absolute Gasteiger partial charge is 0.368 e. The van der Waals surface area contributed by atoms with Gasteiger partial charge in [-0.1, -0.05) is 0 Å². The number of amides is 1. The SMILES string of the molecule is NC(=O)C1CCCN1CC1CCNCC1. The van der Waals surface area contributed by atoms with Crippen LogP contribution in [0.3, 0.4) is 0 Å². The van der Waals surface area contributed by atoms with Gasteiger partial charge in [0.05, 0.1) is 6.04 Å². The van der Waals surface area contributed by atoms with E-state index in [-0.39, 0.29) is 11.9 Å². The van der Waals surface area contributed by atoms with E-state index in [0.717, 1.165) is 44.9 Å². The zero-order valence-corrected chi connectivity index (χ0v) is 9.24. The Labute approximate surface area is 91.2 Å². The molecule has 2 aliphatic heterocycles. The van der Waals surface area contributed by atoms with Gasteiger partial charge >= 0.3 is 0 Å². The lowest BCUT2D eigenvalue weighted by atomic mass is 9.97. The predicted octanol–water partition coefficient (Wildman–Crippen LogP) is -0.0643. The summed E-state index contributed by atoms with van der Waals surface area (Å²) in [5.74, 6) is 0.618. The van der Waals surface area contributed by atoms with Crippen LogP contribution in [-0.4, -0.2) is 43.0 Å². The minimum absolute atomic E-state index is 0.0138. The van der Waals surface area contributed by atoms with Crippen LogP contribution in [0.25, 0.3) is 0 Å². The molecule has 1 amide bonds. The molecule has 0 aromatic rings. The Morgan fingerprint density at radius 3 is 2.73 bits per heavy atom. The maximum absolute atomic E-state index is 11.2. The standard InChI is InChI=1S/C11H21N3O/c12-11(15)10-2-1-7-14(10)8-9-3-5-13-6-4-9/h9-10,13H,1-8H2,(H2,12,15). The summed E-state index contributed by atoms with van der Waals surface area (Å²) in [5.41, 5.74) is 5.40. The van der Waals surface area contributed by atoms with Gasteiger partial charge in [0.15, 0.2) is 0 Å². The van der Waals surface area contributed by atoms with E-state index in [0.29, 0.717) is 0 Å². The Kier molecular flexibility index (Phi) is 3.59. The molecular formula is C11H21N3O. The number of nitrogens with two attached hydrogens (primary N) is 1. The van der Waals surface area contributed by atoms with E-state index in [1.807, 2.05) is 0 Å². The molecule has 2 heterocycles. The molecule has 2 saturated heterocycles. The monoisotopic (exact) mass is 211 g/mol. The summed E-state index contributed by atoms with van der Waals surface area (Å²) >= 11 is 0. The van der Waals surface area contributed by atoms with Crippen LogP contribution in [0.4, 0.5) is 0 Å². The molecule has 0 bridgehead atoms. The minimum atomic E-state index is -0.138. The summed E-state index contributed by atoms with van der Waals surface area (Å²) in [7, 11) is 0. The second kappa shape index (κ2) is 4.94. The van der Waals surface area contributed by atoms with Gasteiger partial charge in [-0.25, -0.2) is 0 Å². The van der Waals surface area contributed by atoms with Gasteiger partial charge in [0, 0.05) is 6.54 Å². The van der Waals surface area contributed by atoms with Crippen molar-refractivity contribution in [3.05, 3.63) is 0 Å². The highest BCUT2D eigenvalue weighted by atomic mass is 16.1. The summed E-state index contributed by atoms with van der Waals surface area (Å²) in [6.07, 6.45) is 4.56. The van der Waals surface area contributed by atoms with Gasteiger partial charge in [-0.2, -0.15) is 0 Å². The van der Waals surface area contributed by atoms with E-state index in [9.17, 15) is 4.79 Å². The van der Waals surface area contributed by atoms with Crippen molar-refractivity contribution in [2.75, 3.05) is 26.2 Å². The number of hydrogen-bond donors (Lipinski definition) is 2. The first kappa shape index (κ1) is 10.9. The summed E-state index contributed by atoms with van der Waals surface area (Å²) in [4.78, 5) is 13.5. The third-order valence-corrected chi connectivity index (χ3v) is 3.64. The molecule has 86 valence electrons. The van der Waals surface area contributed by atoms with Crippen molar-refractivity contribution in [2.45, 2.75) is 31.7 Å². The van der Waals surface area contributed by atoms with Gasteiger partial charge < -0.3 is 11.1 Å². The van der Waals surface area contributed by atoms with Crippen molar-refractivity contribution in [3.63, 3.8) is 0 Å². The molecule has 0 aliphatic carbocycles. The van der Waals surface area contributed by atoms with Crippen molar-refractivity contribution in [1.82, 2.24) is 10.2 Å². The molecular weight excluding hydrogens is 190 g/mol. The molecule has 1 unspecified atom stereocenters. The van der Waals surface area contributed by atoms with Gasteiger partial charge in [-0.05, 0) is 51.2 Å². The molecule has 3 N–H and O–H groups in total. The third-order valence-electron chi connectivity index (χ3n) is 3.64. The number of hydrogen-bond acceptors (Lipinski definition) is 3. The number of carbonyl (C=O) groups excluding carboxylic acids is 1. The van der Waals surface area contributed by atoms with Crippen LogP contribution in [0.1, 0.15) is 25.7 Å². The van der Waals surface area contributed by atoms with Crippen LogP contribution in [0.15, 0.2) is 0 Å². The molecule has 4 heteroatoms. The fraction of sp³-hybridized carbons (Fsp3) is 0.909. The second-order valence-corrected chi connectivity index (χ2v) is 4.75. The summed E-state index contributed by atoms with van der Waals surface area (Å²) < 4.78 is 0. The van der Waals surface area contributed by atoms with Crippen LogP contribution in [0.5, 0.6) is 0 Å². The van der Waals surface area contributed by atoms with Crippen molar-refractivity contribution >= 4 is 5.91 Å². The topological polar surface area (TPSA) is 58.4 Å². The van der Waals surface area contributed by atoms with Crippen molar-refractivity contribution in [2.24, 2.45) is 11.7 Å². The number of nitrogens with zero attached hydrogens (tertiary/aromatic N) is 1. The molecule has 0 aromatic heterocycles. The Morgan fingerprint density at radius 1 is 1.33 bits per heavy atom. The summed E-state index contributed by atoms with van der Waals surface area (Å²) in [6.45, 7) is 4.37. The molecule has 0 aromatic carbocycles. The molecule has 15 heavy (non-hydrogen) atoms. The summed E-state index contributed by atoms with van der Waals surface area (Å²) in [6, 6.07) is 0.0138. The average Bonchev–Trinajstić information content (AvgIpc) is 2.67. The average molecular weight is 211 g/mol. The number of piperidine rings is 1. The Bertz CT molecular complexity index is 226. The van der Waals surface area contributed by atoms with Crippen LogP contribution in [-0.2, 0) is 4.79 Å². The first-order valence-electron chi connectivity index (χ1n) is 6.01. The van der Waals surface area contributed by atoms with Gasteiger partial charge in [0.25, 0.3) is 0 Å². The van der Waals surface area contributed by atoms with Crippen molar-refractivity contribution in [1.29, 1.82) is 0 Å². The molecule has 1 atom stereocenters. The Hall–Kier alpha value is -0.610. The Balaban J connectivity index is 1.84. The second-order valence-electron chi connectivity index (χ2n) is 4.75. The maximum atomic E-state index is 11.2. The van der Waals surface area contributed by atoms with Gasteiger partial charge in [0.1, 0.15) is 0 Å². The molecule has 0 radical (unpaired) electrons. The van der Waals surface area contributed by atoms with Gasteiger partial charge in [0.2, 0.25) is 5.91 Å². The highest BCUT2D eigenvalue weighted by molar-refractivity contribution is 5.80. The summed E-state index contributed by atoms with van der Waals surface area (Å²) in [5, 5.41) is 3.36. The van der Waals surface area contributed by atoms with E-state index in [4.69, 9.17) is 5.73 Å². The fourth-order valence-electron chi connectivity index (χ4n) is 2.76. The molecule has 2 rings (SSSR count). The smallest absolute Gasteiger partial charge is 0.234 e. The zero-order valence-electron chi connectivity index (χ0n) is 9.24. The van der Waals surface area contributed by atoms with E-state index < -0.39 is 0 Å². The third kappa shape index (κ3) is 2.69. The quantitative estimate of drug-likeness (QED) is 0.687. The molecule has 0 spiro atoms. The van der Waals surface area contributed by atoms with Gasteiger partial charge in [-0.15, -0.1) is 0 Å². The van der Waals surface area contributed by atoms with E-state index in [1.54, 1.807) is 0 Å². The lowest BCUT2D eigenvalue weighted by Crippen LogP contribution is -2.44. The van der Waals surface area contributed by atoms with Crippen LogP contribution in [0, 0.1) is 5.92 Å². The maximum Gasteiger partial charge on any atom is 0.234 e. The van der Waals surface area contributed by atoms with Crippen LogP contribution >= 0.6 is 0 Å². The van der Waals surface area contributed by atoms with E-state index >= 15 is 0 Å². The lowest BCUT2D eigenvalue weighted by Gasteiger charge is -2.29. The normalized spacial score (nSPS) is 29.5. The highest BCUT2D eigenvalue weighted by Crippen LogP contribution is 2.21. The lowest BCUT2D eigenvalue weighted by molar-refractivity contribution is -0.122. The molecule has 2 fully saturated rings. The number of rotatable bonds is 3. The fourth-order valence-corrected chi connectivity index (χ4v) is 2.76. The Morgan fingerprint density at radius 2 is 2.07 bits per heavy atom. The molecule has 4 nitrogen and oxygen atoms in total. The predicted molar refractivity (Wildman–Crippen MR) is 59.4 cm³/mol. The minimum Gasteiger partial charge on any atom is -0.368 e. The van der Waals surface area contributed by atoms with Gasteiger partial charge in [-0.3, -0.25) is 9.69 Å². The number of primary amides is 1. The molecule has 2 aliphatic rings. The van der Waals surface area contributed by atoms with E-state index in [1.165, 1.54) is 12.8 Å². The van der Waals surface area contributed by atoms with E-state index in [2.05, 4.69) is 10.2 Å². The first-order valence-corrected chi connectivity index (χ1v) is 6.01. The number of carbonyl (C=O) groups is 1. The van der Waals surface area contributed by atoms with Crippen molar-refractivity contribution < 1.29 is 4.79 Å². The van der Waals surface area contributed by atoms with Crippen LogP contribution < -0.4 is 11.1 Å². The molecule has 0 saturated carbocycles. The number of nitrogens with one attached hydrogen (secondary N) is 1.